The minimum absolute atomic E-state index is 0.00722. The van der Waals surface area contributed by atoms with Gasteiger partial charge in [-0.25, -0.2) is 0 Å². The summed E-state index contributed by atoms with van der Waals surface area (Å²) in [6.45, 7) is 6.45. The van der Waals surface area contributed by atoms with Crippen molar-refractivity contribution in [3.8, 4) is 5.75 Å². The summed E-state index contributed by atoms with van der Waals surface area (Å²) in [6.07, 6.45) is 0.758. The van der Waals surface area contributed by atoms with Gasteiger partial charge in [-0.1, -0.05) is 12.1 Å². The van der Waals surface area contributed by atoms with Crippen LogP contribution < -0.4 is 15.0 Å². The molecule has 0 aromatic heterocycles. The second kappa shape index (κ2) is 5.80. The molecule has 1 fully saturated rings. The third-order valence-electron chi connectivity index (χ3n) is 3.76. The molecule has 1 aliphatic heterocycles. The molecule has 19 heavy (non-hydrogen) atoms. The van der Waals surface area contributed by atoms with Crippen LogP contribution in [0.1, 0.15) is 20.3 Å². The van der Waals surface area contributed by atoms with Gasteiger partial charge in [0.25, 0.3) is 0 Å². The zero-order valence-corrected chi connectivity index (χ0v) is 12.0. The molecular weight excluding hydrogens is 240 g/mol. The lowest BCUT2D eigenvalue weighted by atomic mass is 9.93. The maximum Gasteiger partial charge on any atom is 0.142 e. The van der Waals surface area contributed by atoms with Crippen LogP contribution in [0.3, 0.4) is 0 Å². The largest absolute Gasteiger partial charge is 0.495 e. The second-order valence-corrected chi connectivity index (χ2v) is 5.65. The number of nitrogens with one attached hydrogen (secondary N) is 1. The lowest BCUT2D eigenvalue weighted by Gasteiger charge is -2.50. The third kappa shape index (κ3) is 2.85. The normalized spacial score (nSPS) is 22.3. The molecule has 1 atom stereocenters. The van der Waals surface area contributed by atoms with E-state index in [9.17, 15) is 5.11 Å². The molecule has 0 bridgehead atoms. The number of hydrogen-bond donors (Lipinski definition) is 2. The highest BCUT2D eigenvalue weighted by Crippen LogP contribution is 2.36. The highest BCUT2D eigenvalue weighted by molar-refractivity contribution is 5.61. The fraction of sp³-hybridized carbons (Fsp3) is 0.600. The average molecular weight is 264 g/mol. The predicted octanol–water partition coefficient (Wildman–Crippen LogP) is 1.63. The van der Waals surface area contributed by atoms with E-state index in [1.807, 2.05) is 18.2 Å². The summed E-state index contributed by atoms with van der Waals surface area (Å²) >= 11 is 0. The number of piperazine rings is 1. The molecule has 4 heteroatoms. The molecule has 0 aliphatic carbocycles. The Morgan fingerprint density at radius 3 is 2.84 bits per heavy atom. The minimum Gasteiger partial charge on any atom is -0.495 e. The van der Waals surface area contributed by atoms with E-state index in [4.69, 9.17) is 4.74 Å². The van der Waals surface area contributed by atoms with Crippen LogP contribution in [0.2, 0.25) is 0 Å². The quantitative estimate of drug-likeness (QED) is 0.867. The summed E-state index contributed by atoms with van der Waals surface area (Å²) in [7, 11) is 1.70. The second-order valence-electron chi connectivity index (χ2n) is 5.65. The lowest BCUT2D eigenvalue weighted by molar-refractivity contribution is 0.240. The van der Waals surface area contributed by atoms with Crippen molar-refractivity contribution in [2.45, 2.75) is 31.8 Å². The molecule has 1 heterocycles. The molecule has 0 amide bonds. The van der Waals surface area contributed by atoms with E-state index >= 15 is 0 Å². The van der Waals surface area contributed by atoms with E-state index in [1.165, 1.54) is 0 Å². The first-order valence-electron chi connectivity index (χ1n) is 6.84. The molecule has 2 N–H and O–H groups in total. The number of rotatable bonds is 4. The van der Waals surface area contributed by atoms with Crippen LogP contribution in [0, 0.1) is 0 Å². The van der Waals surface area contributed by atoms with Gasteiger partial charge in [0.1, 0.15) is 5.75 Å². The van der Waals surface area contributed by atoms with E-state index in [0.717, 1.165) is 30.9 Å². The monoisotopic (exact) mass is 264 g/mol. The van der Waals surface area contributed by atoms with Gasteiger partial charge in [-0.3, -0.25) is 0 Å². The Balaban J connectivity index is 2.40. The number of aliphatic hydroxyl groups excluding tert-OH is 1. The number of anilines is 1. The highest BCUT2D eigenvalue weighted by Gasteiger charge is 2.37. The standard InChI is InChI=1S/C15H24N2O2/c1-15(2)11-16-10-12(8-9-18)17(15)13-6-4-5-7-14(13)19-3/h4-7,12,16,18H,8-11H2,1-3H3. The van der Waals surface area contributed by atoms with Crippen molar-refractivity contribution in [2.24, 2.45) is 0 Å². The summed E-state index contributed by atoms with van der Waals surface area (Å²) in [5.74, 6) is 0.889. The van der Waals surface area contributed by atoms with Gasteiger partial charge in [-0.15, -0.1) is 0 Å². The summed E-state index contributed by atoms with van der Waals surface area (Å²) in [5.41, 5.74) is 1.10. The average Bonchev–Trinajstić information content (AvgIpc) is 2.38. The van der Waals surface area contributed by atoms with Crippen LogP contribution in [0.5, 0.6) is 5.75 Å². The van der Waals surface area contributed by atoms with E-state index in [1.54, 1.807) is 7.11 Å². The molecule has 0 saturated carbocycles. The number of nitrogens with zero attached hydrogens (tertiary/aromatic N) is 1. The molecule has 0 spiro atoms. The Morgan fingerprint density at radius 2 is 2.16 bits per heavy atom. The van der Waals surface area contributed by atoms with Crippen LogP contribution >= 0.6 is 0 Å². The molecule has 1 saturated heterocycles. The van der Waals surface area contributed by atoms with Crippen LogP contribution in [0.25, 0.3) is 0 Å². The molecule has 2 rings (SSSR count). The van der Waals surface area contributed by atoms with Gasteiger partial charge in [-0.05, 0) is 32.4 Å². The van der Waals surface area contributed by atoms with E-state index in [0.29, 0.717) is 0 Å². The Morgan fingerprint density at radius 1 is 1.42 bits per heavy atom. The number of para-hydroxylation sites is 2. The van der Waals surface area contributed by atoms with Gasteiger partial charge in [0, 0.05) is 31.3 Å². The first-order valence-corrected chi connectivity index (χ1v) is 6.84. The predicted molar refractivity (Wildman–Crippen MR) is 77.9 cm³/mol. The topological polar surface area (TPSA) is 44.7 Å². The molecule has 1 unspecified atom stereocenters. The van der Waals surface area contributed by atoms with Crippen LogP contribution in [-0.2, 0) is 0 Å². The van der Waals surface area contributed by atoms with Crippen molar-refractivity contribution < 1.29 is 9.84 Å². The molecule has 1 aromatic carbocycles. The maximum absolute atomic E-state index is 9.29. The fourth-order valence-electron chi connectivity index (χ4n) is 2.95. The van der Waals surface area contributed by atoms with Gasteiger partial charge in [0.05, 0.1) is 12.8 Å². The Hall–Kier alpha value is -1.26. The van der Waals surface area contributed by atoms with Crippen LogP contribution in [0.15, 0.2) is 24.3 Å². The van der Waals surface area contributed by atoms with Gasteiger partial charge >= 0.3 is 0 Å². The summed E-state index contributed by atoms with van der Waals surface area (Å²) < 4.78 is 5.49. The number of benzene rings is 1. The lowest BCUT2D eigenvalue weighted by Crippen LogP contribution is -2.63. The molecule has 106 valence electrons. The smallest absolute Gasteiger partial charge is 0.142 e. The number of aliphatic hydroxyl groups is 1. The van der Waals surface area contributed by atoms with Crippen molar-refractivity contribution in [2.75, 3.05) is 31.7 Å². The summed E-state index contributed by atoms with van der Waals surface area (Å²) in [6, 6.07) is 8.38. The van der Waals surface area contributed by atoms with Gasteiger partial charge in [-0.2, -0.15) is 0 Å². The fourth-order valence-corrected chi connectivity index (χ4v) is 2.95. The first kappa shape index (κ1) is 14.2. The zero-order valence-electron chi connectivity index (χ0n) is 12.0. The summed E-state index contributed by atoms with van der Waals surface area (Å²) in [5, 5.41) is 12.7. The van der Waals surface area contributed by atoms with Crippen molar-refractivity contribution in [3.05, 3.63) is 24.3 Å². The molecule has 1 aromatic rings. The zero-order chi connectivity index (χ0) is 13.9. The SMILES string of the molecule is COc1ccccc1N1C(CCO)CNCC1(C)C. The third-order valence-corrected chi connectivity index (χ3v) is 3.76. The Labute approximate surface area is 115 Å². The maximum atomic E-state index is 9.29. The Kier molecular flexibility index (Phi) is 4.32. The van der Waals surface area contributed by atoms with E-state index in [-0.39, 0.29) is 18.2 Å². The van der Waals surface area contributed by atoms with E-state index in [2.05, 4.69) is 30.1 Å². The molecular formula is C15H24N2O2. The molecule has 1 aliphatic rings. The summed E-state index contributed by atoms with van der Waals surface area (Å²) in [4.78, 5) is 2.39. The highest BCUT2D eigenvalue weighted by atomic mass is 16.5. The van der Waals surface area contributed by atoms with Crippen molar-refractivity contribution in [3.63, 3.8) is 0 Å². The van der Waals surface area contributed by atoms with Crippen LogP contribution in [0.4, 0.5) is 5.69 Å². The number of methoxy groups -OCH3 is 1. The van der Waals surface area contributed by atoms with Gasteiger partial charge < -0.3 is 20.1 Å². The van der Waals surface area contributed by atoms with Crippen molar-refractivity contribution >= 4 is 5.69 Å². The van der Waals surface area contributed by atoms with Crippen molar-refractivity contribution in [1.29, 1.82) is 0 Å². The van der Waals surface area contributed by atoms with Crippen LogP contribution in [-0.4, -0.2) is 43.5 Å². The number of hydrogen-bond acceptors (Lipinski definition) is 4. The minimum atomic E-state index is -0.00722. The molecule has 0 radical (unpaired) electrons. The van der Waals surface area contributed by atoms with Gasteiger partial charge in [0.15, 0.2) is 0 Å². The first-order chi connectivity index (χ1) is 9.10. The van der Waals surface area contributed by atoms with Crippen molar-refractivity contribution in [1.82, 2.24) is 5.32 Å². The number of ether oxygens (including phenoxy) is 1. The molecule has 4 nitrogen and oxygen atoms in total. The van der Waals surface area contributed by atoms with Gasteiger partial charge in [0.2, 0.25) is 0 Å². The van der Waals surface area contributed by atoms with E-state index < -0.39 is 0 Å². The Bertz CT molecular complexity index is 418.